The molecule has 4 rings (SSSR count). The van der Waals surface area contributed by atoms with Crippen molar-refractivity contribution in [2.24, 2.45) is 0 Å². The number of hydrogen-bond acceptors (Lipinski definition) is 7. The van der Waals surface area contributed by atoms with Gasteiger partial charge in [0.2, 0.25) is 5.91 Å². The predicted octanol–water partition coefficient (Wildman–Crippen LogP) is 5.02. The first-order chi connectivity index (χ1) is 17.7. The van der Waals surface area contributed by atoms with Crippen molar-refractivity contribution in [3.63, 3.8) is 0 Å². The number of thiophene rings is 1. The number of thioether (sulfide) groups is 1. The van der Waals surface area contributed by atoms with E-state index in [1.54, 1.807) is 36.4 Å². The summed E-state index contributed by atoms with van der Waals surface area (Å²) in [6, 6.07) is 14.7. The van der Waals surface area contributed by atoms with Gasteiger partial charge in [0.15, 0.2) is 11.0 Å². The van der Waals surface area contributed by atoms with Gasteiger partial charge in [-0.2, -0.15) is 13.2 Å². The average Bonchev–Trinajstić information content (AvgIpc) is 3.55. The Bertz CT molecular complexity index is 1370. The number of nitrogens with one attached hydrogen (secondary N) is 2. The Kier molecular flexibility index (Phi) is 8.14. The van der Waals surface area contributed by atoms with Crippen molar-refractivity contribution in [3.05, 3.63) is 83.0 Å². The monoisotopic (exact) mass is 547 g/mol. The molecule has 2 aromatic carbocycles. The fourth-order valence-corrected chi connectivity index (χ4v) is 4.65. The van der Waals surface area contributed by atoms with E-state index in [-0.39, 0.29) is 34.9 Å². The van der Waals surface area contributed by atoms with Crippen LogP contribution in [0.5, 0.6) is 5.75 Å². The van der Waals surface area contributed by atoms with Gasteiger partial charge in [-0.05, 0) is 60.0 Å². The van der Waals surface area contributed by atoms with Crippen molar-refractivity contribution in [3.8, 4) is 11.4 Å². The lowest BCUT2D eigenvalue weighted by atomic mass is 10.2. The molecule has 4 aromatic rings. The van der Waals surface area contributed by atoms with Crippen LogP contribution in [0.15, 0.2) is 71.2 Å². The predicted molar refractivity (Wildman–Crippen MR) is 134 cm³/mol. The number of amides is 2. The fraction of sp³-hybridized carbons (Fsp3) is 0.167. The number of ether oxygens (including phenoxy) is 1. The SMILES string of the molecule is COc1ccc(C(=O)NCc2nnc(SCC(=O)Nc3cccs3)n2-c2cccc(C(F)(F)F)c2)cc1. The average molecular weight is 548 g/mol. The lowest BCUT2D eigenvalue weighted by Crippen LogP contribution is -2.24. The molecule has 2 amide bonds. The number of halogens is 3. The van der Waals surface area contributed by atoms with Gasteiger partial charge in [0.25, 0.3) is 5.91 Å². The standard InChI is InChI=1S/C24H20F3N5O3S2/c1-35-18-9-7-15(8-10-18)22(34)28-13-19-30-31-23(37-14-20(33)29-21-6-3-11-36-21)32(19)17-5-2-4-16(12-17)24(25,26)27/h2-12H,13-14H2,1H3,(H,28,34)(H,29,33). The Labute approximate surface area is 217 Å². The van der Waals surface area contributed by atoms with E-state index < -0.39 is 17.6 Å². The second kappa shape index (κ2) is 11.5. The molecule has 0 aliphatic carbocycles. The first-order valence-corrected chi connectivity index (χ1v) is 12.6. The van der Waals surface area contributed by atoms with Crippen LogP contribution in [0.2, 0.25) is 0 Å². The number of aromatic nitrogens is 3. The van der Waals surface area contributed by atoms with E-state index in [0.717, 1.165) is 23.9 Å². The van der Waals surface area contributed by atoms with Crippen molar-refractivity contribution >= 4 is 39.9 Å². The van der Waals surface area contributed by atoms with Crippen molar-refractivity contribution in [1.82, 2.24) is 20.1 Å². The summed E-state index contributed by atoms with van der Waals surface area (Å²) in [7, 11) is 1.51. The maximum atomic E-state index is 13.4. The minimum Gasteiger partial charge on any atom is -0.497 e. The normalized spacial score (nSPS) is 11.2. The minimum atomic E-state index is -4.55. The molecule has 0 saturated heterocycles. The molecule has 37 heavy (non-hydrogen) atoms. The molecule has 2 N–H and O–H groups in total. The number of anilines is 1. The van der Waals surface area contributed by atoms with Gasteiger partial charge in [-0.25, -0.2) is 0 Å². The summed E-state index contributed by atoms with van der Waals surface area (Å²) in [5.41, 5.74) is -0.334. The van der Waals surface area contributed by atoms with Crippen LogP contribution in [0.4, 0.5) is 18.2 Å². The van der Waals surface area contributed by atoms with Crippen LogP contribution in [0.3, 0.4) is 0 Å². The Balaban J connectivity index is 1.56. The maximum Gasteiger partial charge on any atom is 0.416 e. The number of nitrogens with zero attached hydrogens (tertiary/aromatic N) is 3. The van der Waals surface area contributed by atoms with E-state index in [1.165, 1.54) is 35.1 Å². The molecule has 8 nitrogen and oxygen atoms in total. The molecule has 2 heterocycles. The number of benzene rings is 2. The second-order valence-corrected chi connectivity index (χ2v) is 9.40. The van der Waals surface area contributed by atoms with Gasteiger partial charge >= 0.3 is 6.18 Å². The van der Waals surface area contributed by atoms with Crippen LogP contribution in [0, 0.1) is 0 Å². The second-order valence-electron chi connectivity index (χ2n) is 7.51. The van der Waals surface area contributed by atoms with E-state index >= 15 is 0 Å². The Morgan fingerprint density at radius 3 is 2.54 bits per heavy atom. The van der Waals surface area contributed by atoms with Crippen molar-refractivity contribution in [2.45, 2.75) is 17.9 Å². The molecule has 0 aliphatic rings. The lowest BCUT2D eigenvalue weighted by Gasteiger charge is -2.13. The smallest absolute Gasteiger partial charge is 0.416 e. The summed E-state index contributed by atoms with van der Waals surface area (Å²) in [5, 5.41) is 16.3. The van der Waals surface area contributed by atoms with Gasteiger partial charge in [0.1, 0.15) is 5.75 Å². The number of rotatable bonds is 9. The van der Waals surface area contributed by atoms with E-state index in [9.17, 15) is 22.8 Å². The molecule has 0 radical (unpaired) electrons. The van der Waals surface area contributed by atoms with Crippen molar-refractivity contribution < 1.29 is 27.5 Å². The molecule has 0 unspecified atom stereocenters. The Hall–Kier alpha value is -3.84. The molecule has 0 bridgehead atoms. The number of hydrogen-bond donors (Lipinski definition) is 2. The van der Waals surface area contributed by atoms with Gasteiger partial charge in [-0.1, -0.05) is 17.8 Å². The van der Waals surface area contributed by atoms with Crippen LogP contribution < -0.4 is 15.4 Å². The number of alkyl halides is 3. The Morgan fingerprint density at radius 2 is 1.86 bits per heavy atom. The van der Waals surface area contributed by atoms with Crippen molar-refractivity contribution in [2.75, 3.05) is 18.2 Å². The molecule has 0 fully saturated rings. The summed E-state index contributed by atoms with van der Waals surface area (Å²) in [4.78, 5) is 25.0. The summed E-state index contributed by atoms with van der Waals surface area (Å²) in [6.07, 6.45) is -4.55. The molecule has 0 spiro atoms. The summed E-state index contributed by atoms with van der Waals surface area (Å²) < 4.78 is 46.6. The maximum absolute atomic E-state index is 13.4. The largest absolute Gasteiger partial charge is 0.497 e. The molecular weight excluding hydrogens is 527 g/mol. The van der Waals surface area contributed by atoms with Crippen LogP contribution in [0.1, 0.15) is 21.7 Å². The summed E-state index contributed by atoms with van der Waals surface area (Å²) in [5.74, 6) is 0.0202. The van der Waals surface area contributed by atoms with E-state index in [1.807, 2.05) is 5.38 Å². The van der Waals surface area contributed by atoms with Gasteiger partial charge < -0.3 is 15.4 Å². The third-order valence-corrected chi connectivity index (χ3v) is 6.72. The van der Waals surface area contributed by atoms with E-state index in [2.05, 4.69) is 20.8 Å². The number of carbonyl (C=O) groups excluding carboxylic acids is 2. The molecule has 0 saturated carbocycles. The first kappa shape index (κ1) is 26.2. The molecule has 0 aliphatic heterocycles. The van der Waals surface area contributed by atoms with Crippen molar-refractivity contribution in [1.29, 1.82) is 0 Å². The van der Waals surface area contributed by atoms with Gasteiger partial charge in [-0.15, -0.1) is 21.5 Å². The highest BCUT2D eigenvalue weighted by Crippen LogP contribution is 2.32. The van der Waals surface area contributed by atoms with E-state index in [0.29, 0.717) is 16.3 Å². The molecular formula is C24H20F3N5O3S2. The topological polar surface area (TPSA) is 98.1 Å². The molecule has 0 atom stereocenters. The Morgan fingerprint density at radius 1 is 1.08 bits per heavy atom. The highest BCUT2D eigenvalue weighted by Gasteiger charge is 2.31. The molecule has 13 heteroatoms. The number of methoxy groups -OCH3 is 1. The third-order valence-electron chi connectivity index (χ3n) is 5.01. The zero-order chi connectivity index (χ0) is 26.4. The summed E-state index contributed by atoms with van der Waals surface area (Å²) >= 11 is 2.38. The van der Waals surface area contributed by atoms with Gasteiger partial charge in [0, 0.05) is 5.56 Å². The minimum absolute atomic E-state index is 0.0484. The van der Waals surface area contributed by atoms with Crippen LogP contribution in [-0.2, 0) is 17.5 Å². The first-order valence-electron chi connectivity index (χ1n) is 10.7. The zero-order valence-corrected chi connectivity index (χ0v) is 20.9. The fourth-order valence-electron chi connectivity index (χ4n) is 3.25. The molecule has 2 aromatic heterocycles. The van der Waals surface area contributed by atoms with E-state index in [4.69, 9.17) is 4.74 Å². The zero-order valence-electron chi connectivity index (χ0n) is 19.3. The van der Waals surface area contributed by atoms with Crippen LogP contribution >= 0.6 is 23.1 Å². The quantitative estimate of drug-likeness (QED) is 0.286. The molecule has 192 valence electrons. The van der Waals surface area contributed by atoms with Gasteiger partial charge in [-0.3, -0.25) is 14.2 Å². The lowest BCUT2D eigenvalue weighted by molar-refractivity contribution is -0.137. The number of carbonyl (C=O) groups is 2. The highest BCUT2D eigenvalue weighted by molar-refractivity contribution is 7.99. The van der Waals surface area contributed by atoms with Crippen LogP contribution in [0.25, 0.3) is 5.69 Å². The highest BCUT2D eigenvalue weighted by atomic mass is 32.2. The third kappa shape index (κ3) is 6.68. The van der Waals surface area contributed by atoms with Gasteiger partial charge in [0.05, 0.1) is 35.7 Å². The summed E-state index contributed by atoms with van der Waals surface area (Å²) in [6.45, 7) is -0.115. The van der Waals surface area contributed by atoms with Crippen LogP contribution in [-0.4, -0.2) is 39.4 Å².